The minimum Gasteiger partial charge on any atom is -0.494 e. The Labute approximate surface area is 248 Å². The lowest BCUT2D eigenvalue weighted by Gasteiger charge is -2.38. The summed E-state index contributed by atoms with van der Waals surface area (Å²) in [4.78, 5) is 45.7. The van der Waals surface area contributed by atoms with Crippen LogP contribution in [0.25, 0.3) is 6.08 Å². The van der Waals surface area contributed by atoms with Crippen LogP contribution in [0, 0.1) is 11.7 Å². The van der Waals surface area contributed by atoms with Gasteiger partial charge in [0, 0.05) is 23.0 Å². The molecule has 0 aliphatic carbocycles. The van der Waals surface area contributed by atoms with Crippen LogP contribution in [0.1, 0.15) is 56.8 Å². The maximum atomic E-state index is 14.9. The number of Topliss-reactive ketones (excluding diaryl/α,β-unsaturated/α-hetero) is 2. The molecule has 3 aliphatic heterocycles. The molecular weight excluding hydrogens is 543 g/mol. The molecule has 214 valence electrons. The molecule has 7 heteroatoms. The average Bonchev–Trinajstić information content (AvgIpc) is 3.52. The minimum absolute atomic E-state index is 0.266. The zero-order valence-electron chi connectivity index (χ0n) is 23.5. The van der Waals surface area contributed by atoms with Gasteiger partial charge in [-0.15, -0.1) is 0 Å². The summed E-state index contributed by atoms with van der Waals surface area (Å²) in [5, 5.41) is 3.05. The van der Waals surface area contributed by atoms with Crippen LogP contribution >= 0.6 is 0 Å². The van der Waals surface area contributed by atoms with Crippen molar-refractivity contribution in [2.45, 2.75) is 30.8 Å². The van der Waals surface area contributed by atoms with Crippen molar-refractivity contribution in [1.82, 2.24) is 4.90 Å². The third kappa shape index (κ3) is 4.02. The Morgan fingerprint density at radius 3 is 2.33 bits per heavy atom. The van der Waals surface area contributed by atoms with Gasteiger partial charge < -0.3 is 15.0 Å². The molecule has 7 rings (SSSR count). The number of hydrogen-bond acceptors (Lipinski definition) is 5. The number of amides is 1. The van der Waals surface area contributed by atoms with Crippen molar-refractivity contribution in [3.8, 4) is 5.75 Å². The Hall–Kier alpha value is -5.04. The lowest BCUT2D eigenvalue weighted by atomic mass is 9.62. The number of nitrogens with one attached hydrogen (secondary N) is 1. The fraction of sp³-hybridized carbons (Fsp3) is 0.194. The zero-order chi connectivity index (χ0) is 29.7. The number of para-hydroxylation sites is 1. The lowest BCUT2D eigenvalue weighted by Crippen LogP contribution is -2.49. The standard InChI is InChI=1S/C36H29FN2O4/c1-2-21-43-26-17-13-23(14-18-26)32(40)30-31(33(41)24-11-15-25(37)16-12-24)39-20-19-22-7-3-4-8-27(22)34(39)36(30)28-9-5-6-10-29(28)38-35(36)42/h3-20,30-31,34H,2,21H2,1H3,(H,38,42)/t30-,31+,34+,36+/m0/s1. The summed E-state index contributed by atoms with van der Waals surface area (Å²) in [5.41, 5.74) is 2.28. The van der Waals surface area contributed by atoms with Crippen molar-refractivity contribution in [3.63, 3.8) is 0 Å². The lowest BCUT2D eigenvalue weighted by molar-refractivity contribution is -0.122. The maximum Gasteiger partial charge on any atom is 0.238 e. The fourth-order valence-corrected chi connectivity index (χ4v) is 7.07. The minimum atomic E-state index is -1.42. The zero-order valence-corrected chi connectivity index (χ0v) is 23.5. The van der Waals surface area contributed by atoms with Crippen molar-refractivity contribution >= 4 is 29.2 Å². The summed E-state index contributed by atoms with van der Waals surface area (Å²) in [6.07, 6.45) is 4.58. The monoisotopic (exact) mass is 572 g/mol. The smallest absolute Gasteiger partial charge is 0.238 e. The third-order valence-electron chi connectivity index (χ3n) is 8.86. The van der Waals surface area contributed by atoms with Crippen LogP contribution in [0.15, 0.2) is 103 Å². The second-order valence-corrected chi connectivity index (χ2v) is 11.2. The van der Waals surface area contributed by atoms with Gasteiger partial charge in [-0.1, -0.05) is 49.4 Å². The van der Waals surface area contributed by atoms with Crippen LogP contribution in [0.5, 0.6) is 5.75 Å². The normalized spacial score (nSPS) is 23.0. The van der Waals surface area contributed by atoms with Crippen molar-refractivity contribution in [1.29, 1.82) is 0 Å². The first-order valence-corrected chi connectivity index (χ1v) is 14.5. The molecule has 0 unspecified atom stereocenters. The molecule has 6 nitrogen and oxygen atoms in total. The van der Waals surface area contributed by atoms with Gasteiger partial charge in [0.2, 0.25) is 5.91 Å². The van der Waals surface area contributed by atoms with Gasteiger partial charge in [0.05, 0.1) is 18.6 Å². The molecule has 4 atom stereocenters. The van der Waals surface area contributed by atoms with E-state index in [1.807, 2.05) is 72.6 Å². The molecule has 4 aromatic carbocycles. The largest absolute Gasteiger partial charge is 0.494 e. The highest BCUT2D eigenvalue weighted by atomic mass is 19.1. The van der Waals surface area contributed by atoms with Crippen molar-refractivity contribution in [2.75, 3.05) is 11.9 Å². The first kappa shape index (κ1) is 26.8. The van der Waals surface area contributed by atoms with E-state index in [4.69, 9.17) is 4.74 Å². The second kappa shape index (κ2) is 10.3. The van der Waals surface area contributed by atoms with E-state index in [0.717, 1.165) is 17.5 Å². The number of ether oxygens (including phenoxy) is 1. The number of halogens is 1. The van der Waals surface area contributed by atoms with Gasteiger partial charge >= 0.3 is 0 Å². The van der Waals surface area contributed by atoms with Crippen LogP contribution in [0.3, 0.4) is 0 Å². The first-order chi connectivity index (χ1) is 20.9. The predicted molar refractivity (Wildman–Crippen MR) is 161 cm³/mol. The third-order valence-corrected chi connectivity index (χ3v) is 8.86. The van der Waals surface area contributed by atoms with Gasteiger partial charge in [-0.25, -0.2) is 4.39 Å². The van der Waals surface area contributed by atoms with E-state index >= 15 is 0 Å². The molecule has 1 saturated heterocycles. The van der Waals surface area contributed by atoms with E-state index < -0.39 is 29.2 Å². The molecule has 0 bridgehead atoms. The van der Waals surface area contributed by atoms with Gasteiger partial charge in [0.1, 0.15) is 23.0 Å². The fourth-order valence-electron chi connectivity index (χ4n) is 7.07. The Morgan fingerprint density at radius 2 is 1.56 bits per heavy atom. The Bertz CT molecular complexity index is 1780. The maximum absolute atomic E-state index is 14.9. The molecular formula is C36H29FN2O4. The second-order valence-electron chi connectivity index (χ2n) is 11.2. The number of benzene rings is 4. The van der Waals surface area contributed by atoms with Gasteiger partial charge in [0.25, 0.3) is 0 Å². The number of carbonyl (C=O) groups is 3. The van der Waals surface area contributed by atoms with Crippen LogP contribution in [-0.2, 0) is 10.2 Å². The van der Waals surface area contributed by atoms with E-state index in [0.29, 0.717) is 29.2 Å². The SMILES string of the molecule is CCCOc1ccc(C(=O)[C@@H]2[C@H](C(=O)c3ccc(F)cc3)N3C=Cc4ccccc4[C@@H]3[C@]23C(=O)Nc2ccccc23)cc1. The van der Waals surface area contributed by atoms with E-state index in [2.05, 4.69) is 5.32 Å². The molecule has 3 heterocycles. The van der Waals surface area contributed by atoms with Gasteiger partial charge in [-0.3, -0.25) is 14.4 Å². The molecule has 43 heavy (non-hydrogen) atoms. The van der Waals surface area contributed by atoms with Crippen LogP contribution < -0.4 is 10.1 Å². The van der Waals surface area contributed by atoms with E-state index in [-0.39, 0.29) is 23.0 Å². The van der Waals surface area contributed by atoms with Gasteiger partial charge in [-0.2, -0.15) is 0 Å². The summed E-state index contributed by atoms with van der Waals surface area (Å²) >= 11 is 0. The highest BCUT2D eigenvalue weighted by Crippen LogP contribution is 2.62. The molecule has 0 saturated carbocycles. The summed E-state index contributed by atoms with van der Waals surface area (Å²) in [6.45, 7) is 2.56. The number of carbonyl (C=O) groups excluding carboxylic acids is 3. The number of hydrogen-bond donors (Lipinski definition) is 1. The summed E-state index contributed by atoms with van der Waals surface area (Å²) < 4.78 is 19.6. The molecule has 0 radical (unpaired) electrons. The average molecular weight is 573 g/mol. The van der Waals surface area contributed by atoms with Crippen LogP contribution in [0.4, 0.5) is 10.1 Å². The number of nitrogens with zero attached hydrogens (tertiary/aromatic N) is 1. The molecule has 1 N–H and O–H groups in total. The van der Waals surface area contributed by atoms with Crippen LogP contribution in [-0.4, -0.2) is 35.0 Å². The Kier molecular flexibility index (Phi) is 6.46. The quantitative estimate of drug-likeness (QED) is 0.253. The predicted octanol–water partition coefficient (Wildman–Crippen LogP) is 6.60. The molecule has 1 amide bonds. The van der Waals surface area contributed by atoms with Gasteiger partial charge in [-0.05, 0) is 83.8 Å². The number of anilines is 1. The summed E-state index contributed by atoms with van der Waals surface area (Å²) in [7, 11) is 0. The number of fused-ring (bicyclic) bond motifs is 6. The van der Waals surface area contributed by atoms with E-state index in [1.54, 1.807) is 24.3 Å². The topological polar surface area (TPSA) is 75.7 Å². The molecule has 1 fully saturated rings. The number of ketones is 2. The first-order valence-electron chi connectivity index (χ1n) is 14.5. The van der Waals surface area contributed by atoms with Crippen LogP contribution in [0.2, 0.25) is 0 Å². The highest BCUT2D eigenvalue weighted by Gasteiger charge is 2.70. The van der Waals surface area contributed by atoms with Gasteiger partial charge in [0.15, 0.2) is 11.6 Å². The molecule has 1 spiro atoms. The van der Waals surface area contributed by atoms with Crippen molar-refractivity contribution in [2.24, 2.45) is 5.92 Å². The Balaban J connectivity index is 1.47. The van der Waals surface area contributed by atoms with E-state index in [1.165, 1.54) is 24.3 Å². The van der Waals surface area contributed by atoms with Crippen molar-refractivity contribution in [3.05, 3.63) is 137 Å². The molecule has 4 aromatic rings. The molecule has 0 aromatic heterocycles. The molecule has 3 aliphatic rings. The summed E-state index contributed by atoms with van der Waals surface area (Å²) in [6, 6.07) is 25.7. The summed E-state index contributed by atoms with van der Waals surface area (Å²) in [5.74, 6) is -1.94. The van der Waals surface area contributed by atoms with E-state index in [9.17, 15) is 18.8 Å². The van der Waals surface area contributed by atoms with Crippen molar-refractivity contribution < 1.29 is 23.5 Å². The highest BCUT2D eigenvalue weighted by molar-refractivity contribution is 6.16. The Morgan fingerprint density at radius 1 is 0.884 bits per heavy atom. The number of rotatable bonds is 7.